The summed E-state index contributed by atoms with van der Waals surface area (Å²) in [5.74, 6) is 0.286. The topological polar surface area (TPSA) is 17.1 Å². The Bertz CT molecular complexity index is 1130. The van der Waals surface area contributed by atoms with E-state index >= 15 is 0 Å². The molecule has 0 aliphatic heterocycles. The summed E-state index contributed by atoms with van der Waals surface area (Å²) in [7, 11) is 0. The van der Waals surface area contributed by atoms with E-state index in [1.54, 1.807) is 0 Å². The molecule has 0 spiro atoms. The van der Waals surface area contributed by atoms with E-state index in [-0.39, 0.29) is 5.78 Å². The molecule has 0 atom stereocenters. The normalized spacial score (nSPS) is 14.0. The van der Waals surface area contributed by atoms with E-state index in [0.29, 0.717) is 6.42 Å². The molecule has 0 unspecified atom stereocenters. The molecule has 120 valence electrons. The Labute approximate surface area is 146 Å². The molecule has 1 aliphatic carbocycles. The van der Waals surface area contributed by atoms with Gasteiger partial charge in [0.25, 0.3) is 0 Å². The van der Waals surface area contributed by atoms with Gasteiger partial charge in [0.2, 0.25) is 0 Å². The van der Waals surface area contributed by atoms with Crippen LogP contribution in [0.1, 0.15) is 28.8 Å². The van der Waals surface area contributed by atoms with Gasteiger partial charge in [-0.15, -0.1) is 0 Å². The van der Waals surface area contributed by atoms with Crippen molar-refractivity contribution in [3.05, 3.63) is 83.9 Å². The lowest BCUT2D eigenvalue weighted by Crippen LogP contribution is -2.12. The Hall–Kier alpha value is -2.93. The number of hydrogen-bond acceptors (Lipinski definition) is 1. The van der Waals surface area contributed by atoms with Gasteiger partial charge in [-0.05, 0) is 57.1 Å². The highest BCUT2D eigenvalue weighted by molar-refractivity contribution is 6.12. The number of carbonyl (C=O) groups excluding carboxylic acids is 1. The maximum atomic E-state index is 12.6. The quantitative estimate of drug-likeness (QED) is 0.409. The van der Waals surface area contributed by atoms with Crippen LogP contribution in [0.2, 0.25) is 0 Å². The van der Waals surface area contributed by atoms with Gasteiger partial charge in [-0.1, -0.05) is 66.7 Å². The summed E-state index contributed by atoms with van der Waals surface area (Å²) in [6.45, 7) is 0. The van der Waals surface area contributed by atoms with Gasteiger partial charge in [0.15, 0.2) is 5.78 Å². The molecule has 4 aromatic carbocycles. The molecule has 0 heterocycles. The van der Waals surface area contributed by atoms with Gasteiger partial charge < -0.3 is 0 Å². The molecule has 0 fully saturated rings. The molecule has 0 bridgehead atoms. The van der Waals surface area contributed by atoms with Crippen molar-refractivity contribution in [2.75, 3.05) is 0 Å². The molecule has 0 aromatic heterocycles. The highest BCUT2D eigenvalue weighted by atomic mass is 16.1. The lowest BCUT2D eigenvalue weighted by Gasteiger charge is -2.22. The average molecular weight is 322 g/mol. The van der Waals surface area contributed by atoms with E-state index in [9.17, 15) is 4.79 Å². The third-order valence-electron chi connectivity index (χ3n) is 5.35. The highest BCUT2D eigenvalue weighted by Gasteiger charge is 2.23. The predicted octanol–water partition coefficient (Wildman–Crippen LogP) is 6.18. The molecule has 25 heavy (non-hydrogen) atoms. The lowest BCUT2D eigenvalue weighted by atomic mass is 9.81. The molecule has 4 aromatic rings. The number of hydrogen-bond donors (Lipinski definition) is 0. The number of Topliss-reactive ketones (excluding diaryl/α,β-unsaturated/α-hetero) is 1. The number of rotatable bonds is 1. The van der Waals surface area contributed by atoms with E-state index < -0.39 is 0 Å². The minimum Gasteiger partial charge on any atom is -0.294 e. The molecule has 5 rings (SSSR count). The largest absolute Gasteiger partial charge is 0.294 e. The smallest absolute Gasteiger partial charge is 0.163 e. The lowest BCUT2D eigenvalue weighted by molar-refractivity contribution is 0.0973. The van der Waals surface area contributed by atoms with Crippen LogP contribution in [0.3, 0.4) is 0 Å². The molecule has 0 N–H and O–H groups in total. The van der Waals surface area contributed by atoms with Crippen LogP contribution in [0.15, 0.2) is 72.8 Å². The van der Waals surface area contributed by atoms with Crippen LogP contribution >= 0.6 is 0 Å². The first kappa shape index (κ1) is 14.4. The number of benzene rings is 4. The molecular formula is C24H18O. The van der Waals surface area contributed by atoms with Gasteiger partial charge >= 0.3 is 0 Å². The Kier molecular flexibility index (Phi) is 3.21. The van der Waals surface area contributed by atoms with E-state index in [4.69, 9.17) is 0 Å². The number of carbonyl (C=O) groups is 1. The second kappa shape index (κ2) is 5.56. The second-order valence-electron chi connectivity index (χ2n) is 6.80. The fraction of sp³-hybridized carbons (Fsp3) is 0.125. The van der Waals surface area contributed by atoms with Crippen LogP contribution in [0.4, 0.5) is 0 Å². The second-order valence-corrected chi connectivity index (χ2v) is 6.80. The first-order chi connectivity index (χ1) is 12.3. The molecule has 0 radical (unpaired) electrons. The van der Waals surface area contributed by atoms with E-state index in [1.165, 1.54) is 32.8 Å². The van der Waals surface area contributed by atoms with Crippen LogP contribution in [0, 0.1) is 0 Å². The van der Waals surface area contributed by atoms with Gasteiger partial charge in [-0.25, -0.2) is 0 Å². The van der Waals surface area contributed by atoms with Crippen molar-refractivity contribution < 1.29 is 4.79 Å². The Morgan fingerprint density at radius 3 is 2.24 bits per heavy atom. The summed E-state index contributed by atoms with van der Waals surface area (Å²) in [5.41, 5.74) is 4.64. The highest BCUT2D eigenvalue weighted by Crippen LogP contribution is 2.40. The monoisotopic (exact) mass is 322 g/mol. The summed E-state index contributed by atoms with van der Waals surface area (Å²) in [6, 6.07) is 25.5. The van der Waals surface area contributed by atoms with E-state index in [0.717, 1.165) is 23.8 Å². The maximum absolute atomic E-state index is 12.6. The fourth-order valence-corrected chi connectivity index (χ4v) is 4.21. The Morgan fingerprint density at radius 2 is 1.36 bits per heavy atom. The summed E-state index contributed by atoms with van der Waals surface area (Å²) in [6.07, 6.45) is 2.59. The third-order valence-corrected chi connectivity index (χ3v) is 5.35. The van der Waals surface area contributed by atoms with Crippen LogP contribution in [0.25, 0.3) is 32.7 Å². The maximum Gasteiger partial charge on any atom is 0.163 e. The molecule has 0 saturated heterocycles. The average Bonchev–Trinajstić information content (AvgIpc) is 2.66. The zero-order chi connectivity index (χ0) is 16.8. The van der Waals surface area contributed by atoms with Crippen molar-refractivity contribution >= 4 is 27.3 Å². The zero-order valence-electron chi connectivity index (χ0n) is 14.0. The third kappa shape index (κ3) is 2.20. The summed E-state index contributed by atoms with van der Waals surface area (Å²) in [5, 5.41) is 4.89. The first-order valence-electron chi connectivity index (χ1n) is 8.89. The molecule has 0 amide bonds. The summed E-state index contributed by atoms with van der Waals surface area (Å²) < 4.78 is 0. The molecule has 1 heteroatoms. The SMILES string of the molecule is O=C1CCCc2c1cc1ccccc1c2-c1cccc2ccccc12. The van der Waals surface area contributed by atoms with Crippen LogP contribution < -0.4 is 0 Å². The summed E-state index contributed by atoms with van der Waals surface area (Å²) >= 11 is 0. The van der Waals surface area contributed by atoms with Crippen LogP contribution in [0.5, 0.6) is 0 Å². The van der Waals surface area contributed by atoms with Gasteiger partial charge in [0.05, 0.1) is 0 Å². The van der Waals surface area contributed by atoms with Gasteiger partial charge in [-0.2, -0.15) is 0 Å². The molecule has 1 aliphatic rings. The predicted molar refractivity (Wildman–Crippen MR) is 104 cm³/mol. The molecule has 0 saturated carbocycles. The van der Waals surface area contributed by atoms with Crippen LogP contribution in [-0.4, -0.2) is 5.78 Å². The van der Waals surface area contributed by atoms with Crippen molar-refractivity contribution in [1.29, 1.82) is 0 Å². The van der Waals surface area contributed by atoms with Gasteiger partial charge in [-0.3, -0.25) is 4.79 Å². The fourth-order valence-electron chi connectivity index (χ4n) is 4.21. The van der Waals surface area contributed by atoms with Crippen molar-refractivity contribution in [2.24, 2.45) is 0 Å². The Balaban J connectivity index is 1.97. The van der Waals surface area contributed by atoms with E-state index in [2.05, 4.69) is 72.8 Å². The zero-order valence-corrected chi connectivity index (χ0v) is 14.0. The van der Waals surface area contributed by atoms with Gasteiger partial charge in [0, 0.05) is 12.0 Å². The summed E-state index contributed by atoms with van der Waals surface area (Å²) in [4.78, 5) is 12.6. The Morgan fingerprint density at radius 1 is 0.640 bits per heavy atom. The minimum absolute atomic E-state index is 0.286. The van der Waals surface area contributed by atoms with Crippen molar-refractivity contribution in [3.63, 3.8) is 0 Å². The minimum atomic E-state index is 0.286. The van der Waals surface area contributed by atoms with Crippen molar-refractivity contribution in [1.82, 2.24) is 0 Å². The molecule has 1 nitrogen and oxygen atoms in total. The number of ketones is 1. The van der Waals surface area contributed by atoms with Crippen LogP contribution in [-0.2, 0) is 6.42 Å². The van der Waals surface area contributed by atoms with Gasteiger partial charge in [0.1, 0.15) is 0 Å². The van der Waals surface area contributed by atoms with Crippen molar-refractivity contribution in [2.45, 2.75) is 19.3 Å². The van der Waals surface area contributed by atoms with Crippen molar-refractivity contribution in [3.8, 4) is 11.1 Å². The molecular weight excluding hydrogens is 304 g/mol. The number of fused-ring (bicyclic) bond motifs is 3. The van der Waals surface area contributed by atoms with E-state index in [1.807, 2.05) is 0 Å². The standard InChI is InChI=1S/C24H18O/c25-23-14-6-13-21-22(23)15-17-8-2-4-11-19(17)24(21)20-12-5-9-16-7-1-3-10-18(16)20/h1-5,7-12,15H,6,13-14H2. The first-order valence-corrected chi connectivity index (χ1v) is 8.89.